The number of hydrogen-bond donors (Lipinski definition) is 1. The predicted molar refractivity (Wildman–Crippen MR) is 136 cm³/mol. The summed E-state index contributed by atoms with van der Waals surface area (Å²) in [4.78, 5) is 19.2. The lowest BCUT2D eigenvalue weighted by Gasteiger charge is -2.33. The number of hydrogen-bond acceptors (Lipinski definition) is 6. The van der Waals surface area contributed by atoms with Gasteiger partial charge >= 0.3 is 0 Å². The van der Waals surface area contributed by atoms with Crippen LogP contribution >= 0.6 is 0 Å². The van der Waals surface area contributed by atoms with Crippen LogP contribution in [0, 0.1) is 16.7 Å². The smallest absolute Gasteiger partial charge is 0.243 e. The van der Waals surface area contributed by atoms with Crippen LogP contribution in [-0.2, 0) is 4.79 Å². The zero-order valence-corrected chi connectivity index (χ0v) is 19.8. The standard InChI is InChI=1S/C28H26N6O2/c29-18-28(13-14-28)27(35)33-16-4-5-19(17-33)24-23-12-15-31-26(30)25(23)34(32-24)20-8-10-22(11-9-20)36-21-6-2-1-3-7-21/h1-3,6-12,15,19H,4-5,13-14,16-17H2,(H2,30,31)/t19-/m1/s1. The molecule has 0 bridgehead atoms. The lowest BCUT2D eigenvalue weighted by molar-refractivity contribution is -0.136. The van der Waals surface area contributed by atoms with E-state index in [4.69, 9.17) is 15.6 Å². The number of fused-ring (bicyclic) bond motifs is 1. The third-order valence-electron chi connectivity index (χ3n) is 7.18. The van der Waals surface area contributed by atoms with Gasteiger partial charge in [-0.15, -0.1) is 0 Å². The molecule has 8 nitrogen and oxygen atoms in total. The van der Waals surface area contributed by atoms with E-state index in [9.17, 15) is 10.1 Å². The highest BCUT2D eigenvalue weighted by atomic mass is 16.5. The molecule has 2 aromatic carbocycles. The summed E-state index contributed by atoms with van der Waals surface area (Å²) >= 11 is 0. The molecule has 4 aromatic rings. The Labute approximate surface area is 208 Å². The van der Waals surface area contributed by atoms with Gasteiger partial charge in [-0.05, 0) is 68.1 Å². The molecule has 36 heavy (non-hydrogen) atoms. The van der Waals surface area contributed by atoms with E-state index in [-0.39, 0.29) is 11.8 Å². The molecule has 0 spiro atoms. The van der Waals surface area contributed by atoms with Crippen LogP contribution in [-0.4, -0.2) is 38.7 Å². The second-order valence-electron chi connectivity index (χ2n) is 9.58. The third kappa shape index (κ3) is 3.83. The molecule has 180 valence electrons. The molecule has 2 aromatic heterocycles. The second kappa shape index (κ2) is 8.68. The van der Waals surface area contributed by atoms with Crippen molar-refractivity contribution < 1.29 is 9.53 Å². The molecule has 1 saturated heterocycles. The predicted octanol–water partition coefficient (Wildman–Crippen LogP) is 4.80. The Morgan fingerprint density at radius 1 is 1.08 bits per heavy atom. The Morgan fingerprint density at radius 2 is 1.83 bits per heavy atom. The Balaban J connectivity index is 1.32. The highest BCUT2D eigenvalue weighted by Crippen LogP contribution is 2.47. The van der Waals surface area contributed by atoms with Crippen LogP contribution < -0.4 is 10.5 Å². The molecule has 8 heteroatoms. The van der Waals surface area contributed by atoms with Gasteiger partial charge in [0.1, 0.15) is 28.2 Å². The highest BCUT2D eigenvalue weighted by Gasteiger charge is 2.53. The minimum Gasteiger partial charge on any atom is -0.457 e. The number of aromatic nitrogens is 3. The number of rotatable bonds is 5. The summed E-state index contributed by atoms with van der Waals surface area (Å²) in [5.74, 6) is 1.92. The largest absolute Gasteiger partial charge is 0.457 e. The van der Waals surface area contributed by atoms with Gasteiger partial charge in [0, 0.05) is 30.6 Å². The van der Waals surface area contributed by atoms with Crippen molar-refractivity contribution in [3.8, 4) is 23.3 Å². The van der Waals surface area contributed by atoms with Gasteiger partial charge in [0.15, 0.2) is 0 Å². The zero-order chi connectivity index (χ0) is 24.7. The summed E-state index contributed by atoms with van der Waals surface area (Å²) in [5, 5.41) is 15.4. The van der Waals surface area contributed by atoms with Crippen molar-refractivity contribution in [3.05, 3.63) is 72.6 Å². The number of piperidine rings is 1. The summed E-state index contributed by atoms with van der Waals surface area (Å²) in [5.41, 5.74) is 8.03. The number of nitrogens with two attached hydrogens (primary N) is 1. The number of anilines is 1. The molecule has 1 aliphatic carbocycles. The Morgan fingerprint density at radius 3 is 2.56 bits per heavy atom. The first-order valence-electron chi connectivity index (χ1n) is 12.2. The van der Waals surface area contributed by atoms with Crippen LogP contribution in [0.2, 0.25) is 0 Å². The first-order chi connectivity index (χ1) is 17.6. The lowest BCUT2D eigenvalue weighted by atomic mass is 9.92. The fraction of sp³-hybridized carbons (Fsp3) is 0.286. The van der Waals surface area contributed by atoms with Gasteiger partial charge in [0.05, 0.1) is 17.5 Å². The number of nitrogens with zero attached hydrogens (tertiary/aromatic N) is 5. The molecular formula is C28H26N6O2. The lowest BCUT2D eigenvalue weighted by Crippen LogP contribution is -2.43. The van der Waals surface area contributed by atoms with Crippen molar-refractivity contribution in [1.29, 1.82) is 5.26 Å². The maximum atomic E-state index is 13.0. The van der Waals surface area contributed by atoms with Gasteiger partial charge in [-0.25, -0.2) is 9.67 Å². The number of nitriles is 1. The molecule has 0 unspecified atom stereocenters. The van der Waals surface area contributed by atoms with Crippen LogP contribution in [0.1, 0.15) is 37.3 Å². The SMILES string of the molecule is N#CC1(C(=O)N2CCC[C@@H](c3nn(-c4ccc(Oc5ccccc5)cc4)c4c(N)nccc34)C2)CC1. The quantitative estimate of drug-likeness (QED) is 0.441. The molecule has 0 radical (unpaired) electrons. The molecular weight excluding hydrogens is 452 g/mol. The van der Waals surface area contributed by atoms with E-state index in [1.54, 1.807) is 6.20 Å². The number of amides is 1. The van der Waals surface area contributed by atoms with Crippen molar-refractivity contribution in [3.63, 3.8) is 0 Å². The number of pyridine rings is 1. The minimum absolute atomic E-state index is 0.0337. The van der Waals surface area contributed by atoms with Crippen LogP contribution in [0.25, 0.3) is 16.6 Å². The summed E-state index contributed by atoms with van der Waals surface area (Å²) < 4.78 is 7.76. The molecule has 6 rings (SSSR count). The topological polar surface area (TPSA) is 110 Å². The Kier molecular flexibility index (Phi) is 5.33. The molecule has 2 aliphatic rings. The number of benzene rings is 2. The van der Waals surface area contributed by atoms with E-state index in [1.165, 1.54) is 0 Å². The van der Waals surface area contributed by atoms with E-state index in [0.29, 0.717) is 31.7 Å². The van der Waals surface area contributed by atoms with Crippen molar-refractivity contribution in [2.24, 2.45) is 5.41 Å². The molecule has 1 saturated carbocycles. The number of ether oxygens (including phenoxy) is 1. The number of carbonyl (C=O) groups excluding carboxylic acids is 1. The van der Waals surface area contributed by atoms with Gasteiger partial charge in [-0.3, -0.25) is 4.79 Å². The second-order valence-corrected chi connectivity index (χ2v) is 9.58. The highest BCUT2D eigenvalue weighted by molar-refractivity contribution is 5.92. The maximum Gasteiger partial charge on any atom is 0.243 e. The van der Waals surface area contributed by atoms with Crippen molar-refractivity contribution in [2.75, 3.05) is 18.8 Å². The number of para-hydroxylation sites is 1. The molecule has 2 fully saturated rings. The first kappa shape index (κ1) is 22.1. The van der Waals surface area contributed by atoms with Crippen molar-refractivity contribution in [2.45, 2.75) is 31.6 Å². The maximum absolute atomic E-state index is 13.0. The molecule has 3 heterocycles. The van der Waals surface area contributed by atoms with E-state index in [1.807, 2.05) is 70.2 Å². The summed E-state index contributed by atoms with van der Waals surface area (Å²) in [6.45, 7) is 1.24. The summed E-state index contributed by atoms with van der Waals surface area (Å²) in [6, 6.07) is 21.5. The van der Waals surface area contributed by atoms with E-state index in [2.05, 4.69) is 11.1 Å². The summed E-state index contributed by atoms with van der Waals surface area (Å²) in [6.07, 6.45) is 4.81. The van der Waals surface area contributed by atoms with E-state index in [0.717, 1.165) is 46.6 Å². The Hall–Kier alpha value is -4.38. The van der Waals surface area contributed by atoms with Gasteiger partial charge in [0.25, 0.3) is 0 Å². The number of carbonyl (C=O) groups is 1. The Bertz CT molecular complexity index is 1470. The van der Waals surface area contributed by atoms with Crippen LogP contribution in [0.4, 0.5) is 5.82 Å². The number of likely N-dealkylation sites (tertiary alicyclic amines) is 1. The third-order valence-corrected chi connectivity index (χ3v) is 7.18. The van der Waals surface area contributed by atoms with Gasteiger partial charge in [-0.2, -0.15) is 10.4 Å². The minimum atomic E-state index is -0.804. The summed E-state index contributed by atoms with van der Waals surface area (Å²) in [7, 11) is 0. The van der Waals surface area contributed by atoms with Crippen LogP contribution in [0.15, 0.2) is 66.9 Å². The van der Waals surface area contributed by atoms with E-state index >= 15 is 0 Å². The van der Waals surface area contributed by atoms with Gasteiger partial charge < -0.3 is 15.4 Å². The number of nitrogen functional groups attached to an aromatic ring is 1. The average Bonchev–Trinajstić information content (AvgIpc) is 3.63. The van der Waals surface area contributed by atoms with Crippen molar-refractivity contribution in [1.82, 2.24) is 19.7 Å². The average molecular weight is 479 g/mol. The van der Waals surface area contributed by atoms with Crippen LogP contribution in [0.5, 0.6) is 11.5 Å². The molecule has 1 atom stereocenters. The fourth-order valence-corrected chi connectivity index (χ4v) is 5.07. The van der Waals surface area contributed by atoms with Gasteiger partial charge in [-0.1, -0.05) is 18.2 Å². The zero-order valence-electron chi connectivity index (χ0n) is 19.8. The van der Waals surface area contributed by atoms with Gasteiger partial charge in [0.2, 0.25) is 5.91 Å². The van der Waals surface area contributed by atoms with Crippen molar-refractivity contribution >= 4 is 22.6 Å². The first-order valence-corrected chi connectivity index (χ1v) is 12.2. The normalized spacial score (nSPS) is 18.5. The fourth-order valence-electron chi connectivity index (χ4n) is 5.07. The van der Waals surface area contributed by atoms with Crippen LogP contribution in [0.3, 0.4) is 0 Å². The molecule has 1 aliphatic heterocycles. The molecule has 2 N–H and O–H groups in total. The molecule has 1 amide bonds. The monoisotopic (exact) mass is 478 g/mol. The van der Waals surface area contributed by atoms with E-state index < -0.39 is 5.41 Å².